The van der Waals surface area contributed by atoms with Crippen molar-refractivity contribution < 1.29 is 23.2 Å². The van der Waals surface area contributed by atoms with Crippen molar-refractivity contribution in [3.63, 3.8) is 0 Å². The molecule has 1 aliphatic rings. The minimum absolute atomic E-state index is 0.0909. The van der Waals surface area contributed by atoms with E-state index in [0.29, 0.717) is 11.1 Å². The van der Waals surface area contributed by atoms with E-state index in [2.05, 4.69) is 16.0 Å². The minimum atomic E-state index is -1.16. The summed E-state index contributed by atoms with van der Waals surface area (Å²) in [5, 5.41) is 7.92. The third-order valence-electron chi connectivity index (χ3n) is 6.24. The summed E-state index contributed by atoms with van der Waals surface area (Å²) in [5.41, 5.74) is 1.22. The second kappa shape index (κ2) is 10.7. The lowest BCUT2D eigenvalue weighted by atomic mass is 10.0. The van der Waals surface area contributed by atoms with E-state index in [4.69, 9.17) is 0 Å². The van der Waals surface area contributed by atoms with Crippen LogP contribution in [0.2, 0.25) is 0 Å². The molecule has 0 bridgehead atoms. The molecule has 2 unspecified atom stereocenters. The number of hydrogen-bond acceptors (Lipinski definition) is 4. The Morgan fingerprint density at radius 3 is 2.22 bits per heavy atom. The number of nitrogens with zero attached hydrogens (tertiary/aromatic N) is 1. The summed E-state index contributed by atoms with van der Waals surface area (Å²) in [7, 11) is 1.63. The number of fused-ring (bicyclic) bond motifs is 1. The molecule has 1 heterocycles. The molecule has 3 aromatic carbocycles. The number of likely N-dealkylation sites (N-methyl/N-ethyl adjacent to an activating group) is 1. The molecule has 0 saturated carbocycles. The first-order valence-electron chi connectivity index (χ1n) is 11.5. The molecule has 0 aromatic heterocycles. The van der Waals surface area contributed by atoms with Gasteiger partial charge in [-0.2, -0.15) is 0 Å². The number of halogens is 2. The summed E-state index contributed by atoms with van der Waals surface area (Å²) < 4.78 is 28.5. The van der Waals surface area contributed by atoms with Crippen LogP contribution in [0.1, 0.15) is 35.7 Å². The van der Waals surface area contributed by atoms with Crippen LogP contribution in [0.15, 0.2) is 72.8 Å². The number of benzene rings is 3. The SMILES string of the molecule is CNC(C)C(=O)NC(C(=O)N1Cc2ccccc2[C@H]1C(=O)Nc1c(F)cccc1F)c1ccccc1. The van der Waals surface area contributed by atoms with Gasteiger partial charge in [-0.15, -0.1) is 0 Å². The van der Waals surface area contributed by atoms with Gasteiger partial charge in [0.15, 0.2) is 0 Å². The molecule has 1 aliphatic heterocycles. The van der Waals surface area contributed by atoms with Crippen LogP contribution in [-0.2, 0) is 20.9 Å². The molecule has 0 radical (unpaired) electrons. The predicted molar refractivity (Wildman–Crippen MR) is 131 cm³/mol. The molecule has 0 fully saturated rings. The highest BCUT2D eigenvalue weighted by Gasteiger charge is 2.42. The Labute approximate surface area is 207 Å². The largest absolute Gasteiger partial charge is 0.339 e. The van der Waals surface area contributed by atoms with Crippen LogP contribution in [0.3, 0.4) is 0 Å². The van der Waals surface area contributed by atoms with Crippen LogP contribution >= 0.6 is 0 Å². The average Bonchev–Trinajstić information content (AvgIpc) is 3.28. The van der Waals surface area contributed by atoms with E-state index >= 15 is 0 Å². The highest BCUT2D eigenvalue weighted by molar-refractivity contribution is 6.00. The highest BCUT2D eigenvalue weighted by atomic mass is 19.1. The molecule has 3 N–H and O–H groups in total. The quantitative estimate of drug-likeness (QED) is 0.471. The van der Waals surface area contributed by atoms with Gasteiger partial charge in [-0.1, -0.05) is 60.7 Å². The van der Waals surface area contributed by atoms with Gasteiger partial charge >= 0.3 is 0 Å². The Hall–Kier alpha value is -4.11. The number of amides is 3. The van der Waals surface area contributed by atoms with Crippen LogP contribution in [0.5, 0.6) is 0 Å². The smallest absolute Gasteiger partial charge is 0.252 e. The molecule has 36 heavy (non-hydrogen) atoms. The van der Waals surface area contributed by atoms with E-state index in [1.807, 2.05) is 0 Å². The Kier molecular flexibility index (Phi) is 7.40. The van der Waals surface area contributed by atoms with Gasteiger partial charge in [0.25, 0.3) is 11.8 Å². The van der Waals surface area contributed by atoms with Crippen molar-refractivity contribution in [3.05, 3.63) is 101 Å². The summed E-state index contributed by atoms with van der Waals surface area (Å²) in [4.78, 5) is 41.4. The monoisotopic (exact) mass is 492 g/mol. The first-order valence-corrected chi connectivity index (χ1v) is 11.5. The number of carbonyl (C=O) groups excluding carboxylic acids is 3. The van der Waals surface area contributed by atoms with E-state index < -0.39 is 53.2 Å². The fourth-order valence-electron chi connectivity index (χ4n) is 4.18. The lowest BCUT2D eigenvalue weighted by Crippen LogP contribution is -2.48. The number of hydrogen-bond donors (Lipinski definition) is 3. The summed E-state index contributed by atoms with van der Waals surface area (Å²) in [6, 6.07) is 16.1. The lowest BCUT2D eigenvalue weighted by Gasteiger charge is -2.30. The fourth-order valence-corrected chi connectivity index (χ4v) is 4.18. The van der Waals surface area contributed by atoms with Gasteiger partial charge in [0.05, 0.1) is 6.04 Å². The zero-order chi connectivity index (χ0) is 25.8. The van der Waals surface area contributed by atoms with Crippen molar-refractivity contribution in [2.45, 2.75) is 31.6 Å². The van der Waals surface area contributed by atoms with Crippen LogP contribution in [0, 0.1) is 11.6 Å². The predicted octanol–water partition coefficient (Wildman–Crippen LogP) is 3.45. The zero-order valence-corrected chi connectivity index (χ0v) is 19.8. The molecule has 9 heteroatoms. The minimum Gasteiger partial charge on any atom is -0.339 e. The maximum Gasteiger partial charge on any atom is 0.252 e. The normalized spacial score (nSPS) is 16.1. The van der Waals surface area contributed by atoms with Gasteiger partial charge in [0.2, 0.25) is 5.91 Å². The molecule has 0 aliphatic carbocycles. The second-order valence-corrected chi connectivity index (χ2v) is 8.52. The lowest BCUT2D eigenvalue weighted by molar-refractivity contribution is -0.142. The average molecular weight is 493 g/mol. The van der Waals surface area contributed by atoms with E-state index in [9.17, 15) is 23.2 Å². The molecule has 3 atom stereocenters. The number of nitrogens with one attached hydrogen (secondary N) is 3. The topological polar surface area (TPSA) is 90.5 Å². The molecule has 0 spiro atoms. The third-order valence-corrected chi connectivity index (χ3v) is 6.24. The Morgan fingerprint density at radius 2 is 1.56 bits per heavy atom. The van der Waals surface area contributed by atoms with Crippen LogP contribution < -0.4 is 16.0 Å². The summed E-state index contributed by atoms with van der Waals surface area (Å²) in [6.45, 7) is 1.75. The number of para-hydroxylation sites is 1. The number of anilines is 1. The molecule has 186 valence electrons. The zero-order valence-electron chi connectivity index (χ0n) is 19.8. The van der Waals surface area contributed by atoms with Crippen molar-refractivity contribution >= 4 is 23.4 Å². The van der Waals surface area contributed by atoms with Crippen molar-refractivity contribution in [2.24, 2.45) is 0 Å². The maximum absolute atomic E-state index is 14.3. The Morgan fingerprint density at radius 1 is 0.917 bits per heavy atom. The molecular weight excluding hydrogens is 466 g/mol. The standard InChI is InChI=1S/C27H26F2N4O3/c1-16(30-2)25(34)31-22(17-9-4-3-5-10-17)27(36)33-15-18-11-6-7-12-19(18)24(33)26(35)32-23-20(28)13-8-14-21(23)29/h3-14,16,22,24,30H,15H2,1-2H3,(H,31,34)(H,32,35)/t16?,22?,24-/m0/s1. The fraction of sp³-hybridized carbons (Fsp3) is 0.222. The molecule has 3 aromatic rings. The summed E-state index contributed by atoms with van der Waals surface area (Å²) in [6.07, 6.45) is 0. The maximum atomic E-state index is 14.3. The van der Waals surface area contributed by atoms with Gasteiger partial charge in [0.1, 0.15) is 29.4 Å². The second-order valence-electron chi connectivity index (χ2n) is 8.52. The van der Waals surface area contributed by atoms with Crippen molar-refractivity contribution in [1.29, 1.82) is 0 Å². The van der Waals surface area contributed by atoms with E-state index in [1.165, 1.54) is 11.0 Å². The van der Waals surface area contributed by atoms with Gasteiger partial charge < -0.3 is 20.9 Å². The molecule has 7 nitrogen and oxygen atoms in total. The Balaban J connectivity index is 1.70. The number of rotatable bonds is 7. The summed E-state index contributed by atoms with van der Waals surface area (Å²) in [5.74, 6) is -3.54. The van der Waals surface area contributed by atoms with Crippen LogP contribution in [-0.4, -0.2) is 35.7 Å². The third kappa shape index (κ3) is 4.96. The van der Waals surface area contributed by atoms with Crippen LogP contribution in [0.4, 0.5) is 14.5 Å². The Bertz CT molecular complexity index is 1260. The van der Waals surface area contributed by atoms with Crippen molar-refractivity contribution in [3.8, 4) is 0 Å². The van der Waals surface area contributed by atoms with Crippen LogP contribution in [0.25, 0.3) is 0 Å². The van der Waals surface area contributed by atoms with E-state index in [1.54, 1.807) is 68.6 Å². The van der Waals surface area contributed by atoms with Crippen molar-refractivity contribution in [2.75, 3.05) is 12.4 Å². The van der Waals surface area contributed by atoms with Gasteiger partial charge in [-0.25, -0.2) is 8.78 Å². The molecule has 3 amide bonds. The molecule has 4 rings (SSSR count). The van der Waals surface area contributed by atoms with E-state index in [-0.39, 0.29) is 6.54 Å². The highest BCUT2D eigenvalue weighted by Crippen LogP contribution is 2.37. The van der Waals surface area contributed by atoms with Gasteiger partial charge in [0, 0.05) is 6.54 Å². The summed E-state index contributed by atoms with van der Waals surface area (Å²) >= 11 is 0. The van der Waals surface area contributed by atoms with E-state index in [0.717, 1.165) is 17.7 Å². The molecular formula is C27H26F2N4O3. The first-order chi connectivity index (χ1) is 17.3. The van der Waals surface area contributed by atoms with Gasteiger partial charge in [-0.05, 0) is 42.8 Å². The van der Waals surface area contributed by atoms with Crippen molar-refractivity contribution in [1.82, 2.24) is 15.5 Å². The first kappa shape index (κ1) is 25.0. The number of carbonyl (C=O) groups is 3. The molecule has 0 saturated heterocycles. The van der Waals surface area contributed by atoms with Gasteiger partial charge in [-0.3, -0.25) is 14.4 Å².